The number of halogens is 1. The lowest BCUT2D eigenvalue weighted by molar-refractivity contribution is -0.133. The minimum Gasteiger partial charge on any atom is -0.342 e. The molecule has 2 saturated heterocycles. The van der Waals surface area contributed by atoms with E-state index < -0.39 is 0 Å². The fourth-order valence-corrected chi connectivity index (χ4v) is 3.89. The quantitative estimate of drug-likeness (QED) is 0.720. The molecule has 2 nitrogen and oxygen atoms in total. The summed E-state index contributed by atoms with van der Waals surface area (Å²) in [5.41, 5.74) is 0. The minimum atomic E-state index is 0.328. The van der Waals surface area contributed by atoms with Gasteiger partial charge in [0.25, 0.3) is 0 Å². The number of alkyl halides is 1. The van der Waals surface area contributed by atoms with E-state index in [1.165, 1.54) is 12.2 Å². The molecule has 2 heterocycles. The number of nitrogens with zero attached hydrogens (tertiary/aromatic N) is 1. The summed E-state index contributed by atoms with van der Waals surface area (Å²) in [6.45, 7) is 1.96. The van der Waals surface area contributed by atoms with Crippen LogP contribution >= 0.6 is 27.7 Å². The van der Waals surface area contributed by atoms with Gasteiger partial charge in [0.1, 0.15) is 0 Å². The third-order valence-corrected chi connectivity index (χ3v) is 5.17. The molecule has 2 atom stereocenters. The van der Waals surface area contributed by atoms with Crippen molar-refractivity contribution in [2.45, 2.75) is 12.8 Å². The van der Waals surface area contributed by atoms with Crippen LogP contribution in [0.1, 0.15) is 12.8 Å². The Bertz CT molecular complexity index is 218. The normalized spacial score (nSPS) is 32.5. The summed E-state index contributed by atoms with van der Waals surface area (Å²) < 4.78 is 0. The van der Waals surface area contributed by atoms with Gasteiger partial charge >= 0.3 is 0 Å². The van der Waals surface area contributed by atoms with Crippen LogP contribution in [0.2, 0.25) is 0 Å². The van der Waals surface area contributed by atoms with Crippen LogP contribution < -0.4 is 0 Å². The third kappa shape index (κ3) is 2.27. The van der Waals surface area contributed by atoms with Gasteiger partial charge in [-0.25, -0.2) is 0 Å². The number of hydrogen-bond donors (Lipinski definition) is 0. The van der Waals surface area contributed by atoms with Gasteiger partial charge in [-0.2, -0.15) is 11.8 Å². The molecule has 2 fully saturated rings. The molecular weight excluding hydrogens is 262 g/mol. The fourth-order valence-electron chi connectivity index (χ4n) is 2.15. The molecule has 0 aromatic carbocycles. The van der Waals surface area contributed by atoms with E-state index in [-0.39, 0.29) is 0 Å². The number of rotatable bonds is 2. The summed E-state index contributed by atoms with van der Waals surface area (Å²) in [6.07, 6.45) is 2.27. The highest BCUT2D eigenvalue weighted by atomic mass is 79.9. The minimum absolute atomic E-state index is 0.328. The van der Waals surface area contributed by atoms with Gasteiger partial charge in [-0.3, -0.25) is 4.79 Å². The van der Waals surface area contributed by atoms with Gasteiger partial charge in [0, 0.05) is 30.1 Å². The average Bonchev–Trinajstić information content (AvgIpc) is 2.88. The van der Waals surface area contributed by atoms with Crippen molar-refractivity contribution in [3.8, 4) is 0 Å². The predicted molar refractivity (Wildman–Crippen MR) is 63.9 cm³/mol. The summed E-state index contributed by atoms with van der Waals surface area (Å²) in [4.78, 5) is 14.1. The molecule has 2 rings (SSSR count). The highest BCUT2D eigenvalue weighted by Crippen LogP contribution is 2.27. The van der Waals surface area contributed by atoms with Crippen molar-refractivity contribution in [3.63, 3.8) is 0 Å². The molecule has 80 valence electrons. The first kappa shape index (κ1) is 10.8. The van der Waals surface area contributed by atoms with Crippen molar-refractivity contribution >= 4 is 33.6 Å². The number of amides is 1. The number of carbonyl (C=O) groups excluding carboxylic acids is 1. The molecule has 14 heavy (non-hydrogen) atoms. The molecule has 0 aromatic rings. The second-order valence-electron chi connectivity index (χ2n) is 4.15. The lowest BCUT2D eigenvalue weighted by Crippen LogP contribution is -2.34. The van der Waals surface area contributed by atoms with Crippen LogP contribution in [0.25, 0.3) is 0 Å². The van der Waals surface area contributed by atoms with Gasteiger partial charge in [-0.05, 0) is 24.5 Å². The fraction of sp³-hybridized carbons (Fsp3) is 0.900. The largest absolute Gasteiger partial charge is 0.342 e. The molecule has 0 spiro atoms. The van der Waals surface area contributed by atoms with Crippen LogP contribution in [0.15, 0.2) is 0 Å². The third-order valence-electron chi connectivity index (χ3n) is 3.09. The van der Waals surface area contributed by atoms with E-state index in [1.807, 2.05) is 11.8 Å². The summed E-state index contributed by atoms with van der Waals surface area (Å²) in [5, 5.41) is 1.04. The van der Waals surface area contributed by atoms with E-state index in [0.717, 1.165) is 30.6 Å². The summed E-state index contributed by atoms with van der Waals surface area (Å²) in [7, 11) is 0. The summed E-state index contributed by atoms with van der Waals surface area (Å²) >= 11 is 5.41. The van der Waals surface area contributed by atoms with E-state index in [9.17, 15) is 4.79 Å². The Kier molecular flexibility index (Phi) is 3.77. The Morgan fingerprint density at radius 3 is 2.93 bits per heavy atom. The lowest BCUT2D eigenvalue weighted by atomic mass is 10.1. The van der Waals surface area contributed by atoms with E-state index in [4.69, 9.17) is 0 Å². The maximum absolute atomic E-state index is 12.0. The molecule has 0 N–H and O–H groups in total. The van der Waals surface area contributed by atoms with Crippen molar-refractivity contribution in [1.82, 2.24) is 4.90 Å². The number of carbonyl (C=O) groups is 1. The van der Waals surface area contributed by atoms with Crippen LogP contribution in [-0.4, -0.2) is 40.7 Å². The monoisotopic (exact) mass is 277 g/mol. The number of likely N-dealkylation sites (tertiary alicyclic amines) is 1. The first-order valence-corrected chi connectivity index (χ1v) is 7.51. The Morgan fingerprint density at radius 2 is 2.36 bits per heavy atom. The molecule has 0 aromatic heterocycles. The Morgan fingerprint density at radius 1 is 1.50 bits per heavy atom. The zero-order chi connectivity index (χ0) is 9.97. The SMILES string of the molecule is O=C(C1CCSC1)N1CCC(CBr)C1. The second kappa shape index (κ2) is 4.88. The van der Waals surface area contributed by atoms with Crippen molar-refractivity contribution in [2.24, 2.45) is 11.8 Å². The first-order chi connectivity index (χ1) is 6.81. The molecule has 1 amide bonds. The molecule has 2 aliphatic rings. The second-order valence-corrected chi connectivity index (χ2v) is 5.95. The molecule has 0 saturated carbocycles. The average molecular weight is 278 g/mol. The van der Waals surface area contributed by atoms with E-state index in [2.05, 4.69) is 20.8 Å². The van der Waals surface area contributed by atoms with E-state index in [1.54, 1.807) is 0 Å². The van der Waals surface area contributed by atoms with Gasteiger partial charge < -0.3 is 4.90 Å². The van der Waals surface area contributed by atoms with Crippen molar-refractivity contribution in [1.29, 1.82) is 0 Å². The molecule has 2 unspecified atom stereocenters. The number of hydrogen-bond acceptors (Lipinski definition) is 2. The molecule has 2 aliphatic heterocycles. The van der Waals surface area contributed by atoms with E-state index >= 15 is 0 Å². The van der Waals surface area contributed by atoms with Crippen molar-refractivity contribution in [3.05, 3.63) is 0 Å². The highest BCUT2D eigenvalue weighted by Gasteiger charge is 2.31. The predicted octanol–water partition coefficient (Wildman–Crippen LogP) is 1.98. The Hall–Kier alpha value is 0.300. The van der Waals surface area contributed by atoms with Crippen LogP contribution in [0, 0.1) is 11.8 Å². The standard InChI is InChI=1S/C10H16BrNOS/c11-5-8-1-3-12(6-8)10(13)9-2-4-14-7-9/h8-9H,1-7H2. The van der Waals surface area contributed by atoms with Crippen LogP contribution in [0.5, 0.6) is 0 Å². The molecule has 0 bridgehead atoms. The van der Waals surface area contributed by atoms with Gasteiger partial charge in [0.05, 0.1) is 0 Å². The van der Waals surface area contributed by atoms with Gasteiger partial charge in [0.2, 0.25) is 5.91 Å². The highest BCUT2D eigenvalue weighted by molar-refractivity contribution is 9.09. The Labute approximate surface area is 97.9 Å². The van der Waals surface area contributed by atoms with Gasteiger partial charge in [0.15, 0.2) is 0 Å². The van der Waals surface area contributed by atoms with Gasteiger partial charge in [-0.1, -0.05) is 15.9 Å². The molecule has 4 heteroatoms. The van der Waals surface area contributed by atoms with E-state index in [0.29, 0.717) is 17.7 Å². The van der Waals surface area contributed by atoms with Crippen LogP contribution in [0.4, 0.5) is 0 Å². The van der Waals surface area contributed by atoms with Crippen molar-refractivity contribution < 1.29 is 4.79 Å². The molecule has 0 radical (unpaired) electrons. The van der Waals surface area contributed by atoms with Gasteiger partial charge in [-0.15, -0.1) is 0 Å². The van der Waals surface area contributed by atoms with Crippen molar-refractivity contribution in [2.75, 3.05) is 29.9 Å². The first-order valence-electron chi connectivity index (χ1n) is 5.23. The zero-order valence-corrected chi connectivity index (χ0v) is 10.6. The summed E-state index contributed by atoms with van der Waals surface area (Å²) in [6, 6.07) is 0. The summed E-state index contributed by atoms with van der Waals surface area (Å²) in [5.74, 6) is 3.65. The maximum Gasteiger partial charge on any atom is 0.226 e. The maximum atomic E-state index is 12.0. The zero-order valence-electron chi connectivity index (χ0n) is 8.25. The lowest BCUT2D eigenvalue weighted by Gasteiger charge is -2.19. The smallest absolute Gasteiger partial charge is 0.226 e. The topological polar surface area (TPSA) is 20.3 Å². The van der Waals surface area contributed by atoms with Crippen LogP contribution in [0.3, 0.4) is 0 Å². The van der Waals surface area contributed by atoms with Crippen LogP contribution in [-0.2, 0) is 4.79 Å². The molecular formula is C10H16BrNOS. The number of thioether (sulfide) groups is 1. The Balaban J connectivity index is 1.86. The molecule has 0 aliphatic carbocycles.